The highest BCUT2D eigenvalue weighted by Gasteiger charge is 2.47. The van der Waals surface area contributed by atoms with Crippen LogP contribution in [0.15, 0.2) is 18.2 Å². The molecule has 29 heavy (non-hydrogen) atoms. The average Bonchev–Trinajstić information content (AvgIpc) is 3.23. The molecule has 0 bridgehead atoms. The summed E-state index contributed by atoms with van der Waals surface area (Å²) in [7, 11) is -3.21. The van der Waals surface area contributed by atoms with Gasteiger partial charge in [-0.3, -0.25) is 4.90 Å². The van der Waals surface area contributed by atoms with E-state index in [9.17, 15) is 17.2 Å². The second-order valence-electron chi connectivity index (χ2n) is 8.86. The Morgan fingerprint density at radius 3 is 2.38 bits per heavy atom. The summed E-state index contributed by atoms with van der Waals surface area (Å²) in [6, 6.07) is 3.03. The summed E-state index contributed by atoms with van der Waals surface area (Å²) in [6.07, 6.45) is -0.0237. The van der Waals surface area contributed by atoms with Crippen LogP contribution in [0.5, 0.6) is 0 Å². The molecule has 4 rings (SSSR count). The first-order valence-corrected chi connectivity index (χ1v) is 11.7. The van der Waals surface area contributed by atoms with Crippen molar-refractivity contribution in [3.8, 4) is 0 Å². The Kier molecular flexibility index (Phi) is 5.71. The van der Waals surface area contributed by atoms with E-state index in [-0.39, 0.29) is 11.6 Å². The molecule has 3 saturated heterocycles. The molecule has 3 fully saturated rings. The molecule has 0 radical (unpaired) electrons. The lowest BCUT2D eigenvalue weighted by molar-refractivity contribution is -0.0485. The standard InChI is InChI=1S/C20H29F2N3O3S/c1-12(2)29(26,27)25-9-13-7-24(8-14(13)10-25)16-6-19(23)20(28-11-16)17-5-15(21)3-4-18(17)22/h3-5,12-14,16,19-20H,6-11,23H2,1-2H3/t13?,14?,16-,19+,20-/m1/s1. The van der Waals surface area contributed by atoms with Crippen LogP contribution in [-0.4, -0.2) is 67.7 Å². The van der Waals surface area contributed by atoms with Crippen LogP contribution >= 0.6 is 0 Å². The number of halogens is 2. The van der Waals surface area contributed by atoms with Gasteiger partial charge in [-0.25, -0.2) is 21.5 Å². The van der Waals surface area contributed by atoms with E-state index in [1.54, 1.807) is 18.2 Å². The summed E-state index contributed by atoms with van der Waals surface area (Å²) in [5.74, 6) is -0.378. The Bertz CT molecular complexity index is 853. The van der Waals surface area contributed by atoms with E-state index >= 15 is 0 Å². The van der Waals surface area contributed by atoms with Gasteiger partial charge in [0.2, 0.25) is 10.0 Å². The van der Waals surface area contributed by atoms with E-state index in [2.05, 4.69) is 4.90 Å². The van der Waals surface area contributed by atoms with Crippen molar-refractivity contribution in [1.82, 2.24) is 9.21 Å². The Labute approximate surface area is 171 Å². The van der Waals surface area contributed by atoms with Crippen molar-refractivity contribution < 1.29 is 21.9 Å². The van der Waals surface area contributed by atoms with Crippen molar-refractivity contribution >= 4 is 10.0 Å². The van der Waals surface area contributed by atoms with Gasteiger partial charge in [0.15, 0.2) is 0 Å². The highest BCUT2D eigenvalue weighted by molar-refractivity contribution is 7.89. The first kappa shape index (κ1) is 21.1. The number of rotatable bonds is 4. The smallest absolute Gasteiger partial charge is 0.216 e. The fraction of sp³-hybridized carbons (Fsp3) is 0.700. The summed E-state index contributed by atoms with van der Waals surface area (Å²) in [5.41, 5.74) is 6.46. The van der Waals surface area contributed by atoms with Gasteiger partial charge in [-0.15, -0.1) is 0 Å². The lowest BCUT2D eigenvalue weighted by Gasteiger charge is -2.39. The molecule has 2 N–H and O–H groups in total. The molecule has 162 valence electrons. The molecule has 9 heteroatoms. The third kappa shape index (κ3) is 3.95. The van der Waals surface area contributed by atoms with Gasteiger partial charge >= 0.3 is 0 Å². The van der Waals surface area contributed by atoms with Gasteiger partial charge in [0.05, 0.1) is 11.9 Å². The molecule has 1 aromatic rings. The lowest BCUT2D eigenvalue weighted by Crippen LogP contribution is -2.49. The Balaban J connectivity index is 1.37. The fourth-order valence-corrected chi connectivity index (χ4v) is 6.34. The molecular formula is C20H29F2N3O3S. The van der Waals surface area contributed by atoms with Crippen molar-refractivity contribution in [2.45, 2.75) is 43.7 Å². The van der Waals surface area contributed by atoms with Gasteiger partial charge in [-0.1, -0.05) is 0 Å². The molecule has 0 amide bonds. The van der Waals surface area contributed by atoms with E-state index in [0.29, 0.717) is 38.0 Å². The van der Waals surface area contributed by atoms with Crippen LogP contribution in [0.4, 0.5) is 8.78 Å². The molecule has 3 aliphatic rings. The zero-order valence-electron chi connectivity index (χ0n) is 16.8. The van der Waals surface area contributed by atoms with Crippen LogP contribution in [0.1, 0.15) is 31.9 Å². The van der Waals surface area contributed by atoms with Crippen LogP contribution in [0.2, 0.25) is 0 Å². The zero-order valence-corrected chi connectivity index (χ0v) is 17.6. The van der Waals surface area contributed by atoms with Gasteiger partial charge < -0.3 is 10.5 Å². The van der Waals surface area contributed by atoms with Gasteiger partial charge in [-0.05, 0) is 50.3 Å². The van der Waals surface area contributed by atoms with E-state index in [4.69, 9.17) is 10.5 Å². The fourth-order valence-electron chi connectivity index (χ4n) is 4.94. The summed E-state index contributed by atoms with van der Waals surface area (Å²) in [5, 5.41) is -0.401. The molecule has 6 nitrogen and oxygen atoms in total. The van der Waals surface area contributed by atoms with Gasteiger partial charge in [0.25, 0.3) is 0 Å². The highest BCUT2D eigenvalue weighted by Crippen LogP contribution is 2.37. The van der Waals surface area contributed by atoms with Gasteiger partial charge in [-0.2, -0.15) is 0 Å². The van der Waals surface area contributed by atoms with E-state index in [1.807, 2.05) is 0 Å². The number of hydrogen-bond donors (Lipinski definition) is 1. The summed E-state index contributed by atoms with van der Waals surface area (Å²) < 4.78 is 60.0. The normalized spacial score (nSPS) is 34.1. The predicted molar refractivity (Wildman–Crippen MR) is 106 cm³/mol. The molecule has 1 aromatic carbocycles. The number of ether oxygens (including phenoxy) is 1. The minimum absolute atomic E-state index is 0.110. The zero-order chi connectivity index (χ0) is 20.9. The quantitative estimate of drug-likeness (QED) is 0.789. The van der Waals surface area contributed by atoms with Crippen LogP contribution < -0.4 is 5.73 Å². The van der Waals surface area contributed by atoms with Crippen molar-refractivity contribution in [1.29, 1.82) is 0 Å². The number of nitrogens with zero attached hydrogens (tertiary/aromatic N) is 2. The SMILES string of the molecule is CC(C)S(=O)(=O)N1CC2CN([C@H]3CO[C@H](c4cc(F)ccc4F)[C@@H](N)C3)CC2C1. The van der Waals surface area contributed by atoms with Crippen LogP contribution in [0.3, 0.4) is 0 Å². The Hall–Kier alpha value is -1.13. The summed E-state index contributed by atoms with van der Waals surface area (Å²) >= 11 is 0. The van der Waals surface area contributed by atoms with Crippen LogP contribution in [0, 0.1) is 23.5 Å². The monoisotopic (exact) mass is 429 g/mol. The molecule has 5 atom stereocenters. The minimum Gasteiger partial charge on any atom is -0.370 e. The number of benzene rings is 1. The number of hydrogen-bond acceptors (Lipinski definition) is 5. The van der Waals surface area contributed by atoms with Crippen LogP contribution in [-0.2, 0) is 14.8 Å². The second kappa shape index (κ2) is 7.85. The number of sulfonamides is 1. The van der Waals surface area contributed by atoms with Crippen LogP contribution in [0.25, 0.3) is 0 Å². The average molecular weight is 430 g/mol. The highest BCUT2D eigenvalue weighted by atomic mass is 32.2. The molecule has 0 saturated carbocycles. The first-order chi connectivity index (χ1) is 13.7. The third-order valence-electron chi connectivity index (χ3n) is 6.62. The maximum atomic E-state index is 14.1. The summed E-state index contributed by atoms with van der Waals surface area (Å²) in [6.45, 7) is 6.60. The lowest BCUT2D eigenvalue weighted by atomic mass is 9.93. The van der Waals surface area contributed by atoms with E-state index in [1.165, 1.54) is 0 Å². The molecule has 2 unspecified atom stereocenters. The molecule has 3 heterocycles. The van der Waals surface area contributed by atoms with Gasteiger partial charge in [0, 0.05) is 43.8 Å². The minimum atomic E-state index is -3.21. The molecule has 3 aliphatic heterocycles. The molecular weight excluding hydrogens is 400 g/mol. The first-order valence-electron chi connectivity index (χ1n) is 10.2. The molecule has 0 aromatic heterocycles. The second-order valence-corrected chi connectivity index (χ2v) is 11.3. The maximum absolute atomic E-state index is 14.1. The number of nitrogens with two attached hydrogens (primary N) is 1. The molecule has 0 spiro atoms. The summed E-state index contributed by atoms with van der Waals surface area (Å²) in [4.78, 5) is 2.33. The Morgan fingerprint density at radius 1 is 1.14 bits per heavy atom. The van der Waals surface area contributed by atoms with E-state index in [0.717, 1.165) is 31.3 Å². The molecule has 0 aliphatic carbocycles. The van der Waals surface area contributed by atoms with Crippen molar-refractivity contribution in [2.24, 2.45) is 17.6 Å². The van der Waals surface area contributed by atoms with Crippen molar-refractivity contribution in [3.05, 3.63) is 35.4 Å². The largest absolute Gasteiger partial charge is 0.370 e. The van der Waals surface area contributed by atoms with Crippen molar-refractivity contribution in [3.63, 3.8) is 0 Å². The Morgan fingerprint density at radius 2 is 1.79 bits per heavy atom. The maximum Gasteiger partial charge on any atom is 0.216 e. The number of fused-ring (bicyclic) bond motifs is 1. The topological polar surface area (TPSA) is 75.9 Å². The van der Waals surface area contributed by atoms with Gasteiger partial charge in [0.1, 0.15) is 17.7 Å². The third-order valence-corrected chi connectivity index (χ3v) is 8.83. The van der Waals surface area contributed by atoms with Crippen molar-refractivity contribution in [2.75, 3.05) is 32.8 Å². The van der Waals surface area contributed by atoms with E-state index < -0.39 is 39.1 Å². The predicted octanol–water partition coefficient (Wildman–Crippen LogP) is 1.72. The number of likely N-dealkylation sites (tertiary alicyclic amines) is 1.